The molecule has 1 atom stereocenters. The molecule has 6 heteroatoms. The quantitative estimate of drug-likeness (QED) is 0.782. The zero-order valence-corrected chi connectivity index (χ0v) is 13.9. The Balaban J connectivity index is 1.42. The van der Waals surface area contributed by atoms with E-state index < -0.39 is 5.97 Å². The van der Waals surface area contributed by atoms with Crippen LogP contribution in [0.15, 0.2) is 46.9 Å². The van der Waals surface area contributed by atoms with Crippen molar-refractivity contribution in [3.05, 3.63) is 59.5 Å². The third-order valence-corrected chi connectivity index (χ3v) is 4.27. The zero-order valence-electron chi connectivity index (χ0n) is 13.9. The number of benzene rings is 1. The van der Waals surface area contributed by atoms with Crippen LogP contribution in [0, 0.1) is 0 Å². The number of ether oxygens (including phenoxy) is 1. The lowest BCUT2D eigenvalue weighted by molar-refractivity contribution is 0.0511. The molecule has 1 aromatic carbocycles. The molecule has 0 aliphatic carbocycles. The van der Waals surface area contributed by atoms with Crippen LogP contribution in [-0.4, -0.2) is 47.7 Å². The van der Waals surface area contributed by atoms with Gasteiger partial charge in [0.1, 0.15) is 0 Å². The Bertz CT molecular complexity index is 724. The molecule has 0 bridgehead atoms. The first-order chi connectivity index (χ1) is 12.1. The first kappa shape index (κ1) is 17.2. The molecule has 1 saturated heterocycles. The largest absolute Gasteiger partial charge is 0.475 e. The summed E-state index contributed by atoms with van der Waals surface area (Å²) < 4.78 is 10.9. The van der Waals surface area contributed by atoms with E-state index >= 15 is 0 Å². The number of nitrogens with zero attached hydrogens (tertiary/aromatic N) is 1. The van der Waals surface area contributed by atoms with Gasteiger partial charge in [0.25, 0.3) is 5.91 Å². The monoisotopic (exact) mass is 343 g/mol. The van der Waals surface area contributed by atoms with Gasteiger partial charge in [-0.1, -0.05) is 30.3 Å². The topological polar surface area (TPSA) is 80.0 Å². The van der Waals surface area contributed by atoms with Gasteiger partial charge in [-0.05, 0) is 37.0 Å². The zero-order chi connectivity index (χ0) is 17.6. The van der Waals surface area contributed by atoms with Gasteiger partial charge < -0.3 is 19.2 Å². The number of carbonyl (C=O) groups is 2. The minimum atomic E-state index is -1.18. The van der Waals surface area contributed by atoms with Crippen LogP contribution in [0.1, 0.15) is 39.5 Å². The maximum absolute atomic E-state index is 12.3. The summed E-state index contributed by atoms with van der Waals surface area (Å²) in [4.78, 5) is 24.8. The van der Waals surface area contributed by atoms with Crippen molar-refractivity contribution < 1.29 is 23.8 Å². The minimum Gasteiger partial charge on any atom is -0.475 e. The van der Waals surface area contributed by atoms with Crippen LogP contribution >= 0.6 is 0 Å². The van der Waals surface area contributed by atoms with Crippen molar-refractivity contribution in [3.63, 3.8) is 0 Å². The van der Waals surface area contributed by atoms with Crippen LogP contribution in [0.25, 0.3) is 0 Å². The van der Waals surface area contributed by atoms with Crippen LogP contribution < -0.4 is 0 Å². The molecule has 1 N–H and O–H groups in total. The minimum absolute atomic E-state index is 0.0219. The average molecular weight is 343 g/mol. The molecule has 2 aromatic rings. The summed E-state index contributed by atoms with van der Waals surface area (Å²) in [5.41, 5.74) is 1.29. The van der Waals surface area contributed by atoms with Gasteiger partial charge in [-0.3, -0.25) is 4.79 Å². The van der Waals surface area contributed by atoms with E-state index in [0.29, 0.717) is 19.7 Å². The van der Waals surface area contributed by atoms with E-state index in [1.54, 1.807) is 4.90 Å². The van der Waals surface area contributed by atoms with Gasteiger partial charge in [0.05, 0.1) is 6.10 Å². The van der Waals surface area contributed by atoms with E-state index in [1.807, 2.05) is 18.2 Å². The van der Waals surface area contributed by atoms with Gasteiger partial charge in [-0.15, -0.1) is 0 Å². The lowest BCUT2D eigenvalue weighted by Crippen LogP contribution is -2.30. The van der Waals surface area contributed by atoms with Crippen molar-refractivity contribution in [3.8, 4) is 0 Å². The highest BCUT2D eigenvalue weighted by Gasteiger charge is 2.29. The number of carbonyl (C=O) groups excluding carboxylic acids is 1. The van der Waals surface area contributed by atoms with Crippen molar-refractivity contribution in [2.45, 2.75) is 25.4 Å². The molecule has 0 saturated carbocycles. The standard InChI is InChI=1S/C19H21NO5/c21-18(16-8-9-17(25-16)19(22)23)20-11-10-15(13-20)24-12-4-7-14-5-2-1-3-6-14/h1-3,5-6,8-9,15H,4,7,10-13H2,(H,22,23). The van der Waals surface area contributed by atoms with Crippen molar-refractivity contribution in [1.82, 2.24) is 4.90 Å². The number of hydrogen-bond acceptors (Lipinski definition) is 4. The van der Waals surface area contributed by atoms with E-state index in [0.717, 1.165) is 19.3 Å². The molecule has 1 amide bonds. The summed E-state index contributed by atoms with van der Waals surface area (Å²) in [6.07, 6.45) is 2.72. The fraction of sp³-hybridized carbons (Fsp3) is 0.368. The van der Waals surface area contributed by atoms with Crippen LogP contribution in [0.3, 0.4) is 0 Å². The highest BCUT2D eigenvalue weighted by Crippen LogP contribution is 2.18. The van der Waals surface area contributed by atoms with Crippen molar-refractivity contribution >= 4 is 11.9 Å². The molecule has 1 aromatic heterocycles. The van der Waals surface area contributed by atoms with Gasteiger partial charge in [-0.2, -0.15) is 0 Å². The van der Waals surface area contributed by atoms with Gasteiger partial charge in [0.2, 0.25) is 5.76 Å². The number of carboxylic acid groups (broad SMARTS) is 1. The Kier molecular flexibility index (Phi) is 5.50. The Morgan fingerprint density at radius 1 is 1.16 bits per heavy atom. The molecule has 3 rings (SSSR count). The third kappa shape index (κ3) is 4.48. The predicted molar refractivity (Wildman–Crippen MR) is 90.7 cm³/mol. The second kappa shape index (κ2) is 7.98. The van der Waals surface area contributed by atoms with Crippen molar-refractivity contribution in [2.75, 3.05) is 19.7 Å². The fourth-order valence-electron chi connectivity index (χ4n) is 2.94. The van der Waals surface area contributed by atoms with Crippen molar-refractivity contribution in [2.24, 2.45) is 0 Å². The predicted octanol–water partition coefficient (Wildman–Crippen LogP) is 2.84. The van der Waals surface area contributed by atoms with Gasteiger partial charge in [0.15, 0.2) is 5.76 Å². The summed E-state index contributed by atoms with van der Waals surface area (Å²) in [6.45, 7) is 1.75. The van der Waals surface area contributed by atoms with E-state index in [-0.39, 0.29) is 23.5 Å². The third-order valence-electron chi connectivity index (χ3n) is 4.27. The molecule has 1 aliphatic heterocycles. The number of likely N-dealkylation sites (tertiary alicyclic amines) is 1. The Morgan fingerprint density at radius 2 is 1.92 bits per heavy atom. The number of hydrogen-bond donors (Lipinski definition) is 1. The average Bonchev–Trinajstić information content (AvgIpc) is 3.29. The van der Waals surface area contributed by atoms with E-state index in [2.05, 4.69) is 12.1 Å². The number of rotatable bonds is 7. The number of aryl methyl sites for hydroxylation is 1. The lowest BCUT2D eigenvalue weighted by atomic mass is 10.1. The molecule has 1 aliphatic rings. The summed E-state index contributed by atoms with van der Waals surface area (Å²) in [5.74, 6) is -1.64. The number of furan rings is 1. The smallest absolute Gasteiger partial charge is 0.371 e. The van der Waals surface area contributed by atoms with Crippen LogP contribution in [0.4, 0.5) is 0 Å². The highest BCUT2D eigenvalue weighted by molar-refractivity contribution is 5.93. The first-order valence-electron chi connectivity index (χ1n) is 8.41. The highest BCUT2D eigenvalue weighted by atomic mass is 16.5. The second-order valence-corrected chi connectivity index (χ2v) is 6.09. The molecule has 1 unspecified atom stereocenters. The second-order valence-electron chi connectivity index (χ2n) is 6.09. The number of carboxylic acids is 1. The molecule has 0 spiro atoms. The van der Waals surface area contributed by atoms with Crippen LogP contribution in [0.5, 0.6) is 0 Å². The maximum Gasteiger partial charge on any atom is 0.371 e. The van der Waals surface area contributed by atoms with Gasteiger partial charge >= 0.3 is 5.97 Å². The Labute approximate surface area is 146 Å². The van der Waals surface area contributed by atoms with Crippen LogP contribution in [0.2, 0.25) is 0 Å². The number of amides is 1. The molecule has 25 heavy (non-hydrogen) atoms. The summed E-state index contributed by atoms with van der Waals surface area (Å²) in [5, 5.41) is 8.85. The van der Waals surface area contributed by atoms with E-state index in [1.165, 1.54) is 17.7 Å². The maximum atomic E-state index is 12.3. The lowest BCUT2D eigenvalue weighted by Gasteiger charge is -2.15. The summed E-state index contributed by atoms with van der Waals surface area (Å²) >= 11 is 0. The van der Waals surface area contributed by atoms with Gasteiger partial charge in [0, 0.05) is 19.7 Å². The summed E-state index contributed by atoms with van der Waals surface area (Å²) in [7, 11) is 0. The van der Waals surface area contributed by atoms with E-state index in [9.17, 15) is 9.59 Å². The molecule has 1 fully saturated rings. The molecule has 0 radical (unpaired) electrons. The Hall–Kier alpha value is -2.60. The normalized spacial score (nSPS) is 17.0. The molecular formula is C19H21NO5. The number of aromatic carboxylic acids is 1. The molecule has 6 nitrogen and oxygen atoms in total. The van der Waals surface area contributed by atoms with Crippen LogP contribution in [-0.2, 0) is 11.2 Å². The SMILES string of the molecule is O=C(O)c1ccc(C(=O)N2CCC(OCCCc3ccccc3)C2)o1. The Morgan fingerprint density at radius 3 is 2.64 bits per heavy atom. The van der Waals surface area contributed by atoms with Crippen molar-refractivity contribution in [1.29, 1.82) is 0 Å². The molecule has 132 valence electrons. The molecule has 2 heterocycles. The van der Waals surface area contributed by atoms with E-state index in [4.69, 9.17) is 14.3 Å². The first-order valence-corrected chi connectivity index (χ1v) is 8.41. The molecular weight excluding hydrogens is 322 g/mol. The fourth-order valence-corrected chi connectivity index (χ4v) is 2.94. The van der Waals surface area contributed by atoms with Gasteiger partial charge in [-0.25, -0.2) is 4.79 Å². The summed E-state index contributed by atoms with van der Waals surface area (Å²) in [6, 6.07) is 13.0.